The van der Waals surface area contributed by atoms with Gasteiger partial charge in [-0.2, -0.15) is 4.68 Å². The zero-order valence-corrected chi connectivity index (χ0v) is 14.5. The Morgan fingerprint density at radius 1 is 1.28 bits per heavy atom. The normalized spacial score (nSPS) is 11.1. The van der Waals surface area contributed by atoms with E-state index in [-0.39, 0.29) is 0 Å². The Hall–Kier alpha value is -2.94. The summed E-state index contributed by atoms with van der Waals surface area (Å²) in [5.41, 5.74) is 2.83. The minimum absolute atomic E-state index is 0.637. The van der Waals surface area contributed by atoms with E-state index in [2.05, 4.69) is 25.5 Å². The van der Waals surface area contributed by atoms with Gasteiger partial charge >= 0.3 is 0 Å². The summed E-state index contributed by atoms with van der Waals surface area (Å²) in [5, 5.41) is 12.7. The van der Waals surface area contributed by atoms with Crippen LogP contribution in [0.5, 0.6) is 5.75 Å². The van der Waals surface area contributed by atoms with Crippen molar-refractivity contribution in [3.8, 4) is 11.4 Å². The molecule has 8 nitrogen and oxygen atoms in total. The van der Waals surface area contributed by atoms with Crippen LogP contribution in [0.25, 0.3) is 11.5 Å². The second kappa shape index (κ2) is 6.52. The fourth-order valence-electron chi connectivity index (χ4n) is 2.47. The molecule has 0 saturated heterocycles. The first kappa shape index (κ1) is 15.6. The van der Waals surface area contributed by atoms with E-state index in [4.69, 9.17) is 4.74 Å². The summed E-state index contributed by atoms with van der Waals surface area (Å²) >= 11 is 1.51. The standard InChI is InChI=1S/C16H15N7OS/c1-11-4-5-14(24-2)13(8-11)23-16(19-20-21-23)25-10-12-9-22-7-3-6-17-15(22)18-12/h3-9H,10H2,1-2H3. The molecular weight excluding hydrogens is 338 g/mol. The summed E-state index contributed by atoms with van der Waals surface area (Å²) in [6.07, 6.45) is 5.60. The molecule has 4 rings (SSSR count). The Balaban J connectivity index is 1.61. The smallest absolute Gasteiger partial charge is 0.233 e. The molecule has 0 N–H and O–H groups in total. The molecule has 0 aliphatic rings. The third kappa shape index (κ3) is 3.05. The van der Waals surface area contributed by atoms with Gasteiger partial charge in [-0.25, -0.2) is 9.97 Å². The SMILES string of the molecule is COc1ccc(C)cc1-n1nnnc1SCc1cn2cccnc2n1. The van der Waals surface area contributed by atoms with Crippen LogP contribution >= 0.6 is 11.8 Å². The minimum atomic E-state index is 0.637. The third-order valence-electron chi connectivity index (χ3n) is 3.64. The summed E-state index contributed by atoms with van der Waals surface area (Å²) in [4.78, 5) is 8.72. The van der Waals surface area contributed by atoms with Gasteiger partial charge in [0.15, 0.2) is 0 Å². The molecule has 0 bridgehead atoms. The first-order chi connectivity index (χ1) is 12.2. The van der Waals surface area contributed by atoms with E-state index in [1.165, 1.54) is 11.8 Å². The van der Waals surface area contributed by atoms with E-state index >= 15 is 0 Å². The zero-order valence-electron chi connectivity index (χ0n) is 13.7. The first-order valence-electron chi connectivity index (χ1n) is 7.59. The molecule has 3 heterocycles. The largest absolute Gasteiger partial charge is 0.494 e. The van der Waals surface area contributed by atoms with Gasteiger partial charge in [-0.15, -0.1) is 5.10 Å². The lowest BCUT2D eigenvalue weighted by molar-refractivity contribution is 0.410. The van der Waals surface area contributed by atoms with Crippen LogP contribution in [0, 0.1) is 6.92 Å². The first-order valence-corrected chi connectivity index (χ1v) is 8.58. The fraction of sp³-hybridized carbons (Fsp3) is 0.188. The number of hydrogen-bond donors (Lipinski definition) is 0. The van der Waals surface area contributed by atoms with Gasteiger partial charge in [0.2, 0.25) is 10.9 Å². The number of rotatable bonds is 5. The molecule has 0 aliphatic heterocycles. The second-order valence-corrected chi connectivity index (χ2v) is 6.34. The highest BCUT2D eigenvalue weighted by molar-refractivity contribution is 7.98. The Morgan fingerprint density at radius 3 is 3.04 bits per heavy atom. The predicted molar refractivity (Wildman–Crippen MR) is 93.0 cm³/mol. The molecule has 25 heavy (non-hydrogen) atoms. The lowest BCUT2D eigenvalue weighted by atomic mass is 10.2. The number of imidazole rings is 1. The molecule has 0 fully saturated rings. The Kier molecular flexibility index (Phi) is 4.06. The molecule has 4 aromatic rings. The molecule has 1 aromatic carbocycles. The van der Waals surface area contributed by atoms with Gasteiger partial charge in [-0.05, 0) is 41.1 Å². The molecule has 0 atom stereocenters. The molecule has 126 valence electrons. The van der Waals surface area contributed by atoms with Gasteiger partial charge in [-0.3, -0.25) is 4.40 Å². The number of aryl methyl sites for hydroxylation is 1. The van der Waals surface area contributed by atoms with Gasteiger partial charge < -0.3 is 4.74 Å². The van der Waals surface area contributed by atoms with Crippen LogP contribution in [-0.4, -0.2) is 41.7 Å². The van der Waals surface area contributed by atoms with Gasteiger partial charge in [0, 0.05) is 24.3 Å². The molecule has 0 aliphatic carbocycles. The van der Waals surface area contributed by atoms with E-state index in [1.54, 1.807) is 18.0 Å². The van der Waals surface area contributed by atoms with E-state index in [9.17, 15) is 0 Å². The van der Waals surface area contributed by atoms with Crippen LogP contribution < -0.4 is 4.74 Å². The van der Waals surface area contributed by atoms with Crippen LogP contribution in [0.3, 0.4) is 0 Å². The Labute approximate surface area is 147 Å². The van der Waals surface area contributed by atoms with Gasteiger partial charge in [0.25, 0.3) is 0 Å². The Bertz CT molecular complexity index is 993. The lowest BCUT2D eigenvalue weighted by Crippen LogP contribution is -2.02. The fourth-order valence-corrected chi connectivity index (χ4v) is 3.24. The minimum Gasteiger partial charge on any atom is -0.494 e. The molecule has 0 amide bonds. The molecule has 0 unspecified atom stereocenters. The monoisotopic (exact) mass is 353 g/mol. The molecule has 0 saturated carbocycles. The summed E-state index contributed by atoms with van der Waals surface area (Å²) < 4.78 is 9.01. The van der Waals surface area contributed by atoms with E-state index < -0.39 is 0 Å². The molecule has 3 aromatic heterocycles. The zero-order chi connectivity index (χ0) is 17.2. The number of ether oxygens (including phenoxy) is 1. The number of tetrazole rings is 1. The number of benzene rings is 1. The maximum Gasteiger partial charge on any atom is 0.233 e. The molecule has 0 radical (unpaired) electrons. The van der Waals surface area contributed by atoms with Crippen LogP contribution in [-0.2, 0) is 5.75 Å². The van der Waals surface area contributed by atoms with Crippen molar-refractivity contribution >= 4 is 17.5 Å². The molecule has 0 spiro atoms. The molecule has 9 heteroatoms. The topological polar surface area (TPSA) is 83.0 Å². The van der Waals surface area contributed by atoms with Gasteiger partial charge in [0.05, 0.1) is 12.8 Å². The van der Waals surface area contributed by atoms with Crippen molar-refractivity contribution in [1.29, 1.82) is 0 Å². The highest BCUT2D eigenvalue weighted by Crippen LogP contribution is 2.28. The van der Waals surface area contributed by atoms with Crippen molar-refractivity contribution in [2.75, 3.05) is 7.11 Å². The lowest BCUT2D eigenvalue weighted by Gasteiger charge is -2.10. The van der Waals surface area contributed by atoms with Crippen molar-refractivity contribution in [1.82, 2.24) is 34.6 Å². The van der Waals surface area contributed by atoms with Crippen LogP contribution in [0.2, 0.25) is 0 Å². The summed E-state index contributed by atoms with van der Waals surface area (Å²) in [7, 11) is 1.63. The van der Waals surface area contributed by atoms with Crippen molar-refractivity contribution in [2.24, 2.45) is 0 Å². The van der Waals surface area contributed by atoms with Gasteiger partial charge in [0.1, 0.15) is 11.4 Å². The van der Waals surface area contributed by atoms with Crippen molar-refractivity contribution in [3.63, 3.8) is 0 Å². The van der Waals surface area contributed by atoms with Gasteiger partial charge in [-0.1, -0.05) is 17.8 Å². The highest BCUT2D eigenvalue weighted by Gasteiger charge is 2.14. The average molecular weight is 353 g/mol. The number of nitrogens with zero attached hydrogens (tertiary/aromatic N) is 7. The van der Waals surface area contributed by atoms with E-state index in [0.29, 0.717) is 16.7 Å². The number of hydrogen-bond acceptors (Lipinski definition) is 7. The number of thioether (sulfide) groups is 1. The van der Waals surface area contributed by atoms with Crippen LogP contribution in [0.4, 0.5) is 0 Å². The molecular formula is C16H15N7OS. The Morgan fingerprint density at radius 2 is 2.20 bits per heavy atom. The van der Waals surface area contributed by atoms with Crippen LogP contribution in [0.1, 0.15) is 11.3 Å². The predicted octanol–water partition coefficient (Wildman–Crippen LogP) is 2.31. The number of fused-ring (bicyclic) bond motifs is 1. The second-order valence-electron chi connectivity index (χ2n) is 5.40. The maximum atomic E-state index is 5.43. The van der Waals surface area contributed by atoms with Crippen molar-refractivity contribution in [3.05, 3.63) is 54.1 Å². The third-order valence-corrected chi connectivity index (χ3v) is 4.59. The van der Waals surface area contributed by atoms with Crippen molar-refractivity contribution < 1.29 is 4.74 Å². The summed E-state index contributed by atoms with van der Waals surface area (Å²) in [5.74, 6) is 2.03. The highest BCUT2D eigenvalue weighted by atomic mass is 32.2. The maximum absolute atomic E-state index is 5.43. The summed E-state index contributed by atoms with van der Waals surface area (Å²) in [6.45, 7) is 2.02. The number of methoxy groups -OCH3 is 1. The van der Waals surface area contributed by atoms with Crippen molar-refractivity contribution in [2.45, 2.75) is 17.8 Å². The van der Waals surface area contributed by atoms with E-state index in [0.717, 1.165) is 22.7 Å². The number of aromatic nitrogens is 7. The summed E-state index contributed by atoms with van der Waals surface area (Å²) in [6, 6.07) is 7.77. The van der Waals surface area contributed by atoms with Crippen LogP contribution in [0.15, 0.2) is 48.0 Å². The quantitative estimate of drug-likeness (QED) is 0.509. The average Bonchev–Trinajstić information content (AvgIpc) is 3.26. The van der Waals surface area contributed by atoms with E-state index in [1.807, 2.05) is 48.0 Å².